The van der Waals surface area contributed by atoms with Crippen molar-refractivity contribution in [2.24, 2.45) is 5.73 Å². The van der Waals surface area contributed by atoms with Gasteiger partial charge in [-0.2, -0.15) is 12.6 Å². The first-order chi connectivity index (χ1) is 12.8. The monoisotopic (exact) mass is 424 g/mol. The number of aliphatic hydroxyl groups is 3. The third kappa shape index (κ3) is 7.98. The Morgan fingerprint density at radius 3 is 1.54 bits per heavy atom. The van der Waals surface area contributed by atoms with Crippen molar-refractivity contribution in [1.29, 1.82) is 0 Å². The van der Waals surface area contributed by atoms with Gasteiger partial charge in [-0.15, -0.1) is 0 Å². The molecule has 0 radical (unpaired) electrons. The van der Waals surface area contributed by atoms with E-state index in [1.54, 1.807) is 0 Å². The number of carbonyl (C=O) groups excluding carboxylic acids is 3. The molecule has 0 aliphatic carbocycles. The molecule has 12 nitrogen and oxygen atoms in total. The molecule has 0 spiro atoms. The van der Waals surface area contributed by atoms with Crippen molar-refractivity contribution in [2.45, 2.75) is 63.3 Å². The predicted octanol–water partition coefficient (Wildman–Crippen LogP) is -4.08. The first-order valence-electron chi connectivity index (χ1n) is 8.38. The van der Waals surface area contributed by atoms with Gasteiger partial charge in [-0.05, 0) is 20.8 Å². The molecule has 9 N–H and O–H groups in total. The van der Waals surface area contributed by atoms with E-state index in [4.69, 9.17) is 10.8 Å². The molecule has 0 heterocycles. The van der Waals surface area contributed by atoms with Crippen LogP contribution in [0.25, 0.3) is 0 Å². The second-order valence-electron chi connectivity index (χ2n) is 6.30. The van der Waals surface area contributed by atoms with Gasteiger partial charge in [-0.25, -0.2) is 4.79 Å². The van der Waals surface area contributed by atoms with E-state index >= 15 is 0 Å². The van der Waals surface area contributed by atoms with E-state index < -0.39 is 66.2 Å². The van der Waals surface area contributed by atoms with Gasteiger partial charge in [0.2, 0.25) is 17.7 Å². The fourth-order valence-electron chi connectivity index (χ4n) is 1.97. The fraction of sp³-hybridized carbons (Fsp3) is 0.733. The van der Waals surface area contributed by atoms with Crippen molar-refractivity contribution in [1.82, 2.24) is 16.0 Å². The topological polar surface area (TPSA) is 211 Å². The highest BCUT2D eigenvalue weighted by Crippen LogP contribution is 2.01. The normalized spacial score (nSPS) is 18.6. The number of thiol groups is 1. The van der Waals surface area contributed by atoms with Crippen molar-refractivity contribution in [3.05, 3.63) is 0 Å². The minimum absolute atomic E-state index is 0.231. The SMILES string of the molecule is C[C@@H](O)[C@H](N)C(=O)N[C@H](C(=O)N[C@H](C(=O)N[C@@H](CS)C(=O)O)[C@@H](C)O)[C@@H](C)O. The molecule has 0 aromatic carbocycles. The lowest BCUT2D eigenvalue weighted by Crippen LogP contribution is -2.62. The highest BCUT2D eigenvalue weighted by atomic mass is 32.1. The Bertz CT molecular complexity index is 572. The van der Waals surface area contributed by atoms with Crippen molar-refractivity contribution in [3.63, 3.8) is 0 Å². The van der Waals surface area contributed by atoms with Crippen LogP contribution in [0.15, 0.2) is 0 Å². The summed E-state index contributed by atoms with van der Waals surface area (Å²) < 4.78 is 0. The lowest BCUT2D eigenvalue weighted by molar-refractivity contribution is -0.142. The standard InChI is InChI=1S/C15H28N4O8S/c1-5(20)9(16)12(23)18-11(7(3)22)14(25)19-10(6(2)21)13(24)17-8(4-28)15(26)27/h5-11,20-22,28H,4,16H2,1-3H3,(H,17,24)(H,18,23)(H,19,25)(H,26,27)/t5-,6-,7-,8+,9+,10+,11+/m1/s1. The highest BCUT2D eigenvalue weighted by Gasteiger charge is 2.34. The van der Waals surface area contributed by atoms with Crippen molar-refractivity contribution in [2.75, 3.05) is 5.75 Å². The van der Waals surface area contributed by atoms with Crippen LogP contribution >= 0.6 is 12.6 Å². The maximum Gasteiger partial charge on any atom is 0.327 e. The molecule has 0 rings (SSSR count). The first-order valence-corrected chi connectivity index (χ1v) is 9.01. The van der Waals surface area contributed by atoms with E-state index in [1.807, 2.05) is 0 Å². The van der Waals surface area contributed by atoms with Gasteiger partial charge in [0.05, 0.1) is 18.3 Å². The molecular formula is C15H28N4O8S. The number of nitrogens with one attached hydrogen (secondary N) is 3. The van der Waals surface area contributed by atoms with E-state index in [-0.39, 0.29) is 5.75 Å². The third-order valence-corrected chi connectivity index (χ3v) is 4.11. The van der Waals surface area contributed by atoms with E-state index in [0.717, 1.165) is 0 Å². The van der Waals surface area contributed by atoms with E-state index in [1.165, 1.54) is 20.8 Å². The Hall–Kier alpha value is -1.93. The molecular weight excluding hydrogens is 396 g/mol. The van der Waals surface area contributed by atoms with E-state index in [0.29, 0.717) is 0 Å². The van der Waals surface area contributed by atoms with E-state index in [2.05, 4.69) is 28.6 Å². The minimum atomic E-state index is -1.57. The number of nitrogens with two attached hydrogens (primary N) is 1. The number of carboxylic acids is 1. The Labute approximate surface area is 167 Å². The zero-order chi connectivity index (χ0) is 22.2. The van der Waals surface area contributed by atoms with Crippen LogP contribution in [-0.2, 0) is 19.2 Å². The van der Waals surface area contributed by atoms with Crippen LogP contribution in [0, 0.1) is 0 Å². The van der Waals surface area contributed by atoms with Gasteiger partial charge in [-0.3, -0.25) is 14.4 Å². The predicted molar refractivity (Wildman–Crippen MR) is 100 cm³/mol. The molecule has 162 valence electrons. The molecule has 0 fully saturated rings. The van der Waals surface area contributed by atoms with Crippen LogP contribution in [0.4, 0.5) is 0 Å². The molecule has 28 heavy (non-hydrogen) atoms. The molecule has 0 aromatic heterocycles. The van der Waals surface area contributed by atoms with E-state index in [9.17, 15) is 34.5 Å². The zero-order valence-electron chi connectivity index (χ0n) is 15.7. The molecule has 0 aliphatic rings. The fourth-order valence-corrected chi connectivity index (χ4v) is 2.22. The molecule has 7 atom stereocenters. The highest BCUT2D eigenvalue weighted by molar-refractivity contribution is 7.80. The van der Waals surface area contributed by atoms with Crippen LogP contribution in [0.2, 0.25) is 0 Å². The molecule has 3 amide bonds. The number of carbonyl (C=O) groups is 4. The summed E-state index contributed by atoms with van der Waals surface area (Å²) in [7, 11) is 0. The third-order valence-electron chi connectivity index (χ3n) is 3.74. The van der Waals surface area contributed by atoms with Crippen LogP contribution < -0.4 is 21.7 Å². The number of hydrogen-bond donors (Lipinski definition) is 9. The van der Waals surface area contributed by atoms with Gasteiger partial charge in [0.25, 0.3) is 0 Å². The Morgan fingerprint density at radius 1 is 0.821 bits per heavy atom. The molecule has 0 aliphatic heterocycles. The summed E-state index contributed by atoms with van der Waals surface area (Å²) >= 11 is 3.79. The average Bonchev–Trinajstić information content (AvgIpc) is 2.59. The second-order valence-corrected chi connectivity index (χ2v) is 6.67. The lowest BCUT2D eigenvalue weighted by atomic mass is 10.1. The first kappa shape index (κ1) is 26.1. The maximum atomic E-state index is 12.4. The van der Waals surface area contributed by atoms with Crippen molar-refractivity contribution in [3.8, 4) is 0 Å². The van der Waals surface area contributed by atoms with Crippen LogP contribution in [0.3, 0.4) is 0 Å². The maximum absolute atomic E-state index is 12.4. The van der Waals surface area contributed by atoms with Crippen LogP contribution in [0.1, 0.15) is 20.8 Å². The molecule has 0 saturated heterocycles. The van der Waals surface area contributed by atoms with Crippen LogP contribution in [0.5, 0.6) is 0 Å². The molecule has 0 unspecified atom stereocenters. The number of rotatable bonds is 11. The number of aliphatic hydroxyl groups excluding tert-OH is 3. The van der Waals surface area contributed by atoms with Gasteiger partial charge in [-0.1, -0.05) is 0 Å². The smallest absolute Gasteiger partial charge is 0.327 e. The number of carboxylic acid groups (broad SMARTS) is 1. The number of aliphatic carboxylic acids is 1. The van der Waals surface area contributed by atoms with Gasteiger partial charge >= 0.3 is 5.97 Å². The number of hydrogen-bond acceptors (Lipinski definition) is 9. The summed E-state index contributed by atoms with van der Waals surface area (Å²) in [5.41, 5.74) is 5.46. The van der Waals surface area contributed by atoms with Crippen molar-refractivity contribution < 1.29 is 39.6 Å². The molecule has 0 aromatic rings. The van der Waals surface area contributed by atoms with Crippen LogP contribution in [-0.4, -0.2) is 92.3 Å². The Morgan fingerprint density at radius 2 is 1.21 bits per heavy atom. The Balaban J connectivity index is 5.29. The van der Waals surface area contributed by atoms with Gasteiger partial charge in [0.1, 0.15) is 24.2 Å². The summed E-state index contributed by atoms with van der Waals surface area (Å²) in [6.07, 6.45) is -4.06. The molecule has 0 saturated carbocycles. The van der Waals surface area contributed by atoms with Gasteiger partial charge in [0, 0.05) is 5.75 Å². The van der Waals surface area contributed by atoms with Crippen molar-refractivity contribution >= 4 is 36.3 Å². The number of amides is 3. The zero-order valence-corrected chi connectivity index (χ0v) is 16.6. The molecule has 13 heteroatoms. The summed E-state index contributed by atoms with van der Waals surface area (Å²) in [5.74, 6) is -4.54. The summed E-state index contributed by atoms with van der Waals surface area (Å²) in [6, 6.07) is -5.84. The average molecular weight is 424 g/mol. The quantitative estimate of drug-likeness (QED) is 0.147. The minimum Gasteiger partial charge on any atom is -0.480 e. The largest absolute Gasteiger partial charge is 0.480 e. The molecule has 0 bridgehead atoms. The summed E-state index contributed by atoms with van der Waals surface area (Å²) in [6.45, 7) is 3.63. The lowest BCUT2D eigenvalue weighted by Gasteiger charge is -2.27. The summed E-state index contributed by atoms with van der Waals surface area (Å²) in [5, 5.41) is 44.2. The van der Waals surface area contributed by atoms with Gasteiger partial charge < -0.3 is 42.1 Å². The van der Waals surface area contributed by atoms with Gasteiger partial charge in [0.15, 0.2) is 0 Å². The summed E-state index contributed by atoms with van der Waals surface area (Å²) in [4.78, 5) is 47.5. The second kappa shape index (κ2) is 11.8. The Kier molecular flexibility index (Phi) is 11.0.